The number of benzene rings is 2. The van der Waals surface area contributed by atoms with Crippen LogP contribution in [0.4, 0.5) is 4.39 Å². The molecule has 0 atom stereocenters. The molecule has 0 saturated carbocycles. The monoisotopic (exact) mass is 452 g/mol. The van der Waals surface area contributed by atoms with Crippen molar-refractivity contribution in [2.75, 3.05) is 26.2 Å². The molecule has 1 saturated heterocycles. The predicted molar refractivity (Wildman–Crippen MR) is 106 cm³/mol. The third-order valence-corrected chi connectivity index (χ3v) is 5.07. The van der Waals surface area contributed by atoms with Crippen molar-refractivity contribution in [3.8, 4) is 0 Å². The smallest absolute Gasteiger partial charge is 0.414 e. The summed E-state index contributed by atoms with van der Waals surface area (Å²) in [4.78, 5) is 23.1. The Hall–Kier alpha value is -2.29. The van der Waals surface area contributed by atoms with E-state index in [4.69, 9.17) is 19.8 Å². The predicted octanol–water partition coefficient (Wildman–Crippen LogP) is 3.06. The Labute approximate surface area is 171 Å². The van der Waals surface area contributed by atoms with Gasteiger partial charge in [-0.25, -0.2) is 14.0 Å². The van der Waals surface area contributed by atoms with Crippen molar-refractivity contribution in [1.82, 2.24) is 9.80 Å². The molecule has 8 heteroatoms. The highest BCUT2D eigenvalue weighted by Gasteiger charge is 2.17. The quantitative estimate of drug-likeness (QED) is 0.693. The van der Waals surface area contributed by atoms with Gasteiger partial charge in [-0.15, -0.1) is 0 Å². The lowest BCUT2D eigenvalue weighted by atomic mass is 10.1. The highest BCUT2D eigenvalue weighted by molar-refractivity contribution is 9.10. The van der Waals surface area contributed by atoms with Crippen LogP contribution in [0.15, 0.2) is 53.0 Å². The molecule has 1 heterocycles. The SMILES string of the molecule is Fc1cccc(CN2CCN(Cc3ccccc3Br)CC2)c1.O=C(O)C(=O)O. The lowest BCUT2D eigenvalue weighted by Gasteiger charge is -2.34. The molecule has 28 heavy (non-hydrogen) atoms. The number of rotatable bonds is 4. The van der Waals surface area contributed by atoms with Crippen molar-refractivity contribution in [3.05, 3.63) is 69.9 Å². The van der Waals surface area contributed by atoms with Crippen molar-refractivity contribution in [1.29, 1.82) is 0 Å². The van der Waals surface area contributed by atoms with E-state index in [0.717, 1.165) is 44.8 Å². The molecule has 2 aromatic carbocycles. The molecule has 0 bridgehead atoms. The number of aliphatic carboxylic acids is 2. The Bertz CT molecular complexity index is 798. The van der Waals surface area contributed by atoms with Gasteiger partial charge in [0.05, 0.1) is 0 Å². The van der Waals surface area contributed by atoms with E-state index in [1.165, 1.54) is 16.1 Å². The maximum absolute atomic E-state index is 13.2. The summed E-state index contributed by atoms with van der Waals surface area (Å²) < 4.78 is 14.4. The summed E-state index contributed by atoms with van der Waals surface area (Å²) in [7, 11) is 0. The topological polar surface area (TPSA) is 81.1 Å². The van der Waals surface area contributed by atoms with E-state index in [1.807, 2.05) is 12.1 Å². The Morgan fingerprint density at radius 2 is 1.46 bits per heavy atom. The van der Waals surface area contributed by atoms with E-state index in [1.54, 1.807) is 12.1 Å². The van der Waals surface area contributed by atoms with Gasteiger partial charge in [0.15, 0.2) is 0 Å². The van der Waals surface area contributed by atoms with Gasteiger partial charge in [0, 0.05) is 43.7 Å². The Kier molecular flexibility index (Phi) is 8.56. The number of nitrogens with zero attached hydrogens (tertiary/aromatic N) is 2. The zero-order valence-corrected chi connectivity index (χ0v) is 16.8. The molecular formula is C20H22BrFN2O4. The summed E-state index contributed by atoms with van der Waals surface area (Å²) in [6.45, 7) is 5.98. The summed E-state index contributed by atoms with van der Waals surface area (Å²) in [6.07, 6.45) is 0. The molecule has 0 aromatic heterocycles. The van der Waals surface area contributed by atoms with E-state index in [-0.39, 0.29) is 5.82 Å². The molecule has 6 nitrogen and oxygen atoms in total. The van der Waals surface area contributed by atoms with Crippen molar-refractivity contribution in [2.45, 2.75) is 13.1 Å². The van der Waals surface area contributed by atoms with E-state index < -0.39 is 11.9 Å². The van der Waals surface area contributed by atoms with Crippen LogP contribution >= 0.6 is 15.9 Å². The summed E-state index contributed by atoms with van der Waals surface area (Å²) in [5, 5.41) is 14.8. The third kappa shape index (κ3) is 7.38. The second-order valence-corrected chi connectivity index (χ2v) is 7.24. The first kappa shape index (κ1) is 22.0. The fraction of sp³-hybridized carbons (Fsp3) is 0.300. The lowest BCUT2D eigenvalue weighted by Crippen LogP contribution is -2.45. The van der Waals surface area contributed by atoms with Gasteiger partial charge >= 0.3 is 11.9 Å². The van der Waals surface area contributed by atoms with Crippen molar-refractivity contribution < 1.29 is 24.2 Å². The maximum Gasteiger partial charge on any atom is 0.414 e. The minimum absolute atomic E-state index is 0.148. The second-order valence-electron chi connectivity index (χ2n) is 6.38. The van der Waals surface area contributed by atoms with Gasteiger partial charge < -0.3 is 10.2 Å². The van der Waals surface area contributed by atoms with Gasteiger partial charge in [-0.1, -0.05) is 46.3 Å². The largest absolute Gasteiger partial charge is 0.473 e. The van der Waals surface area contributed by atoms with Crippen LogP contribution < -0.4 is 0 Å². The lowest BCUT2D eigenvalue weighted by molar-refractivity contribution is -0.159. The Morgan fingerprint density at radius 3 is 2.00 bits per heavy atom. The number of piperazine rings is 1. The van der Waals surface area contributed by atoms with Gasteiger partial charge in [-0.05, 0) is 29.3 Å². The average molecular weight is 453 g/mol. The van der Waals surface area contributed by atoms with Gasteiger partial charge in [-0.2, -0.15) is 0 Å². The van der Waals surface area contributed by atoms with E-state index >= 15 is 0 Å². The molecule has 1 aliphatic rings. The molecule has 2 aromatic rings. The number of carboxylic acid groups (broad SMARTS) is 2. The Balaban J connectivity index is 0.000000409. The van der Waals surface area contributed by atoms with E-state index in [2.05, 4.69) is 43.9 Å². The van der Waals surface area contributed by atoms with E-state index in [9.17, 15) is 4.39 Å². The van der Waals surface area contributed by atoms with Crippen LogP contribution in [0.2, 0.25) is 0 Å². The first-order valence-corrected chi connectivity index (χ1v) is 9.53. The minimum atomic E-state index is -1.82. The summed E-state index contributed by atoms with van der Waals surface area (Å²) in [6, 6.07) is 15.3. The first-order chi connectivity index (χ1) is 13.3. The van der Waals surface area contributed by atoms with Crippen LogP contribution in [0.5, 0.6) is 0 Å². The summed E-state index contributed by atoms with van der Waals surface area (Å²) >= 11 is 3.61. The van der Waals surface area contributed by atoms with Crippen LogP contribution in [0.3, 0.4) is 0 Å². The Morgan fingerprint density at radius 1 is 0.893 bits per heavy atom. The van der Waals surface area contributed by atoms with Crippen molar-refractivity contribution in [2.24, 2.45) is 0 Å². The fourth-order valence-corrected chi connectivity index (χ4v) is 3.28. The molecule has 0 unspecified atom stereocenters. The molecule has 0 amide bonds. The van der Waals surface area contributed by atoms with Gasteiger partial charge in [0.2, 0.25) is 0 Å². The zero-order chi connectivity index (χ0) is 20.5. The first-order valence-electron chi connectivity index (χ1n) is 8.74. The highest BCUT2D eigenvalue weighted by atomic mass is 79.9. The number of carbonyl (C=O) groups is 2. The fourth-order valence-electron chi connectivity index (χ4n) is 2.87. The molecule has 2 N–H and O–H groups in total. The van der Waals surface area contributed by atoms with E-state index in [0.29, 0.717) is 0 Å². The van der Waals surface area contributed by atoms with Gasteiger partial charge in [0.25, 0.3) is 0 Å². The van der Waals surface area contributed by atoms with Crippen molar-refractivity contribution >= 4 is 27.9 Å². The average Bonchev–Trinajstić information content (AvgIpc) is 2.66. The van der Waals surface area contributed by atoms with Gasteiger partial charge in [-0.3, -0.25) is 9.80 Å². The van der Waals surface area contributed by atoms with Crippen LogP contribution in [0.25, 0.3) is 0 Å². The standard InChI is InChI=1S/C18H20BrFN2.C2H2O4/c19-18-7-2-1-5-16(18)14-22-10-8-21(9-11-22)13-15-4-3-6-17(20)12-15;3-1(4)2(5)6/h1-7,12H,8-11,13-14H2;(H,3,4)(H,5,6). The molecular weight excluding hydrogens is 431 g/mol. The number of carboxylic acids is 2. The second kappa shape index (κ2) is 10.9. The van der Waals surface area contributed by atoms with Crippen molar-refractivity contribution in [3.63, 3.8) is 0 Å². The van der Waals surface area contributed by atoms with Crippen LogP contribution in [0, 0.1) is 5.82 Å². The molecule has 0 aliphatic carbocycles. The summed E-state index contributed by atoms with van der Waals surface area (Å²) in [5.74, 6) is -3.80. The maximum atomic E-state index is 13.2. The van der Waals surface area contributed by atoms with Crippen LogP contribution in [-0.4, -0.2) is 58.1 Å². The highest BCUT2D eigenvalue weighted by Crippen LogP contribution is 2.19. The minimum Gasteiger partial charge on any atom is -0.473 e. The molecule has 3 rings (SSSR count). The number of hydrogen-bond acceptors (Lipinski definition) is 4. The third-order valence-electron chi connectivity index (χ3n) is 4.29. The van der Waals surface area contributed by atoms with Gasteiger partial charge in [0.1, 0.15) is 5.82 Å². The molecule has 0 radical (unpaired) electrons. The molecule has 1 fully saturated rings. The number of hydrogen-bond donors (Lipinski definition) is 2. The summed E-state index contributed by atoms with van der Waals surface area (Å²) in [5.41, 5.74) is 2.39. The zero-order valence-electron chi connectivity index (χ0n) is 15.2. The molecule has 0 spiro atoms. The molecule has 150 valence electrons. The molecule has 1 aliphatic heterocycles. The van der Waals surface area contributed by atoms with Crippen LogP contribution in [-0.2, 0) is 22.7 Å². The van der Waals surface area contributed by atoms with Crippen LogP contribution in [0.1, 0.15) is 11.1 Å². The number of halogens is 2. The normalized spacial score (nSPS) is 14.8.